The van der Waals surface area contributed by atoms with Gasteiger partial charge in [-0.3, -0.25) is 9.69 Å². The summed E-state index contributed by atoms with van der Waals surface area (Å²) in [5.74, 6) is 0.0642. The zero-order chi connectivity index (χ0) is 18.4. The summed E-state index contributed by atoms with van der Waals surface area (Å²) in [6, 6.07) is 17.7. The second kappa shape index (κ2) is 6.55. The van der Waals surface area contributed by atoms with Crippen LogP contribution in [0.1, 0.15) is 32.5 Å². The van der Waals surface area contributed by atoms with Gasteiger partial charge in [-0.25, -0.2) is 0 Å². The molecule has 6 heteroatoms. The Morgan fingerprint density at radius 1 is 0.963 bits per heavy atom. The number of aromatic nitrogens is 2. The van der Waals surface area contributed by atoms with Gasteiger partial charge in [0.2, 0.25) is 0 Å². The Balaban J connectivity index is 1.39. The fraction of sp³-hybridized carbons (Fsp3) is 0.286. The molecule has 2 aliphatic rings. The Kier molecular flexibility index (Phi) is 4.02. The first-order valence-corrected chi connectivity index (χ1v) is 10.0. The van der Waals surface area contributed by atoms with E-state index in [9.17, 15) is 4.79 Å². The molecule has 0 atom stereocenters. The van der Waals surface area contributed by atoms with Gasteiger partial charge in [0.15, 0.2) is 0 Å². The minimum atomic E-state index is 0.0642. The lowest BCUT2D eigenvalue weighted by Crippen LogP contribution is -2.49. The van der Waals surface area contributed by atoms with Crippen molar-refractivity contribution in [3.8, 4) is 11.1 Å². The largest absolute Gasteiger partial charge is 0.335 e. The molecule has 5 nitrogen and oxygen atoms in total. The van der Waals surface area contributed by atoms with Crippen molar-refractivity contribution >= 4 is 17.4 Å². The van der Waals surface area contributed by atoms with Crippen molar-refractivity contribution in [3.05, 3.63) is 70.2 Å². The molecule has 1 amide bonds. The second-order valence-electron chi connectivity index (χ2n) is 7.09. The quantitative estimate of drug-likeness (QED) is 0.688. The number of benzene rings is 2. The van der Waals surface area contributed by atoms with Gasteiger partial charge < -0.3 is 4.90 Å². The highest BCUT2D eigenvalue weighted by atomic mass is 32.1. The summed E-state index contributed by atoms with van der Waals surface area (Å²) in [6.07, 6.45) is 0. The first kappa shape index (κ1) is 16.6. The van der Waals surface area contributed by atoms with Crippen molar-refractivity contribution in [2.24, 2.45) is 0 Å². The van der Waals surface area contributed by atoms with Gasteiger partial charge in [0.05, 0.1) is 11.7 Å². The van der Waals surface area contributed by atoms with Crippen LogP contribution in [0.4, 0.5) is 0 Å². The van der Waals surface area contributed by atoms with Crippen molar-refractivity contribution in [3.63, 3.8) is 0 Å². The van der Waals surface area contributed by atoms with E-state index in [4.69, 9.17) is 0 Å². The number of carbonyl (C=O) groups is 1. The highest BCUT2D eigenvalue weighted by Gasteiger charge is 2.35. The Hall–Kier alpha value is -2.57. The molecule has 27 heavy (non-hydrogen) atoms. The predicted octanol–water partition coefficient (Wildman–Crippen LogP) is 3.37. The summed E-state index contributed by atoms with van der Waals surface area (Å²) in [5, 5.41) is 3.97. The fourth-order valence-corrected chi connectivity index (χ4v) is 4.90. The first-order valence-electron chi connectivity index (χ1n) is 9.24. The van der Waals surface area contributed by atoms with Gasteiger partial charge in [-0.05, 0) is 40.7 Å². The molecule has 0 N–H and O–H groups in total. The van der Waals surface area contributed by atoms with Crippen LogP contribution in [-0.2, 0) is 0 Å². The van der Waals surface area contributed by atoms with Crippen LogP contribution in [0, 0.1) is 6.92 Å². The van der Waals surface area contributed by atoms with E-state index in [-0.39, 0.29) is 11.9 Å². The zero-order valence-corrected chi connectivity index (χ0v) is 15.9. The summed E-state index contributed by atoms with van der Waals surface area (Å²) in [5.41, 5.74) is 6.15. The van der Waals surface area contributed by atoms with Crippen LogP contribution >= 0.6 is 11.5 Å². The summed E-state index contributed by atoms with van der Waals surface area (Å²) < 4.78 is 3.90. The average Bonchev–Trinajstić information content (AvgIpc) is 3.29. The van der Waals surface area contributed by atoms with Crippen molar-refractivity contribution in [1.29, 1.82) is 0 Å². The van der Waals surface area contributed by atoms with E-state index >= 15 is 0 Å². The van der Waals surface area contributed by atoms with E-state index in [0.29, 0.717) is 4.88 Å². The van der Waals surface area contributed by atoms with Gasteiger partial charge in [-0.15, -0.1) is 5.10 Å². The Morgan fingerprint density at radius 3 is 2.11 bits per heavy atom. The van der Waals surface area contributed by atoms with Gasteiger partial charge in [-0.1, -0.05) is 53.0 Å². The third-order valence-corrected chi connectivity index (χ3v) is 6.43. The topological polar surface area (TPSA) is 49.3 Å². The molecular weight excluding hydrogens is 356 g/mol. The third-order valence-electron chi connectivity index (χ3n) is 5.61. The SMILES string of the molecule is Cc1nnsc1C(=O)N1CCN(C2c3ccccc3-c3ccccc32)CC1. The van der Waals surface area contributed by atoms with E-state index < -0.39 is 0 Å². The fourth-order valence-electron chi connectivity index (χ4n) is 4.28. The molecule has 0 unspecified atom stereocenters. The van der Waals surface area contributed by atoms with Crippen LogP contribution < -0.4 is 0 Å². The number of amides is 1. The van der Waals surface area contributed by atoms with E-state index in [1.807, 2.05) is 11.8 Å². The predicted molar refractivity (Wildman–Crippen MR) is 106 cm³/mol. The minimum Gasteiger partial charge on any atom is -0.335 e. The molecule has 1 aromatic heterocycles. The maximum absolute atomic E-state index is 12.7. The molecule has 1 aliphatic carbocycles. The number of hydrogen-bond donors (Lipinski definition) is 0. The maximum atomic E-state index is 12.7. The van der Waals surface area contributed by atoms with Crippen LogP contribution in [-0.4, -0.2) is 51.5 Å². The number of rotatable bonds is 2. The molecule has 0 spiro atoms. The molecular formula is C21H20N4OS. The molecule has 2 aromatic carbocycles. The van der Waals surface area contributed by atoms with E-state index in [1.165, 1.54) is 33.8 Å². The number of fused-ring (bicyclic) bond motifs is 3. The minimum absolute atomic E-state index is 0.0642. The van der Waals surface area contributed by atoms with E-state index in [0.717, 1.165) is 31.9 Å². The van der Waals surface area contributed by atoms with Crippen LogP contribution in [0.2, 0.25) is 0 Å². The Morgan fingerprint density at radius 2 is 1.56 bits per heavy atom. The molecule has 0 radical (unpaired) electrons. The van der Waals surface area contributed by atoms with Crippen LogP contribution in [0.3, 0.4) is 0 Å². The summed E-state index contributed by atoms with van der Waals surface area (Å²) in [4.78, 5) is 17.9. The normalized spacial score (nSPS) is 17.0. The Labute approximate surface area is 162 Å². The lowest BCUT2D eigenvalue weighted by Gasteiger charge is -2.38. The van der Waals surface area contributed by atoms with Gasteiger partial charge in [-0.2, -0.15) is 0 Å². The Bertz CT molecular complexity index is 961. The van der Waals surface area contributed by atoms with Gasteiger partial charge in [0.1, 0.15) is 4.88 Å². The smallest absolute Gasteiger partial charge is 0.267 e. The number of hydrogen-bond acceptors (Lipinski definition) is 5. The number of carbonyl (C=O) groups excluding carboxylic acids is 1. The van der Waals surface area contributed by atoms with Crippen molar-refractivity contribution in [2.75, 3.05) is 26.2 Å². The monoisotopic (exact) mass is 376 g/mol. The van der Waals surface area contributed by atoms with Gasteiger partial charge in [0.25, 0.3) is 5.91 Å². The van der Waals surface area contributed by atoms with Crippen LogP contribution in [0.5, 0.6) is 0 Å². The number of nitrogens with zero attached hydrogens (tertiary/aromatic N) is 4. The highest BCUT2D eigenvalue weighted by Crippen LogP contribution is 2.46. The number of piperazine rings is 1. The molecule has 1 aliphatic heterocycles. The molecule has 1 fully saturated rings. The van der Waals surface area contributed by atoms with E-state index in [2.05, 4.69) is 63.0 Å². The third kappa shape index (κ3) is 2.67. The summed E-state index contributed by atoms with van der Waals surface area (Å²) in [6.45, 7) is 5.04. The molecule has 0 bridgehead atoms. The summed E-state index contributed by atoms with van der Waals surface area (Å²) >= 11 is 1.19. The average molecular weight is 376 g/mol. The van der Waals surface area contributed by atoms with Gasteiger partial charge in [0, 0.05) is 26.2 Å². The highest BCUT2D eigenvalue weighted by molar-refractivity contribution is 7.07. The molecule has 3 aromatic rings. The lowest BCUT2D eigenvalue weighted by atomic mass is 10.0. The van der Waals surface area contributed by atoms with Crippen molar-refractivity contribution in [1.82, 2.24) is 19.4 Å². The standard InChI is InChI=1S/C21H20N4OS/c1-14-20(27-23-22-14)21(26)25-12-10-24(11-13-25)19-17-8-4-2-6-15(17)16-7-3-5-9-18(16)19/h2-9,19H,10-13H2,1H3. The lowest BCUT2D eigenvalue weighted by molar-refractivity contribution is 0.0603. The zero-order valence-electron chi connectivity index (χ0n) is 15.1. The van der Waals surface area contributed by atoms with Crippen molar-refractivity contribution in [2.45, 2.75) is 13.0 Å². The van der Waals surface area contributed by atoms with Gasteiger partial charge >= 0.3 is 0 Å². The van der Waals surface area contributed by atoms with Crippen molar-refractivity contribution < 1.29 is 4.79 Å². The second-order valence-corrected chi connectivity index (χ2v) is 7.85. The molecule has 2 heterocycles. The molecule has 1 saturated heterocycles. The first-order chi connectivity index (χ1) is 13.2. The molecule has 0 saturated carbocycles. The molecule has 5 rings (SSSR count). The van der Waals surface area contributed by atoms with E-state index in [1.54, 1.807) is 0 Å². The molecule has 136 valence electrons. The van der Waals surface area contributed by atoms with Crippen LogP contribution in [0.25, 0.3) is 11.1 Å². The maximum Gasteiger partial charge on any atom is 0.267 e. The number of aryl methyl sites for hydroxylation is 1. The summed E-state index contributed by atoms with van der Waals surface area (Å²) in [7, 11) is 0. The van der Waals surface area contributed by atoms with Crippen LogP contribution in [0.15, 0.2) is 48.5 Å².